The smallest absolute Gasteiger partial charge is 0.258 e. The molecule has 162 valence electrons. The van der Waals surface area contributed by atoms with Crippen molar-refractivity contribution in [2.45, 2.75) is 37.1 Å². The Labute approximate surface area is 178 Å². The lowest BCUT2D eigenvalue weighted by Crippen LogP contribution is -2.35. The summed E-state index contributed by atoms with van der Waals surface area (Å²) in [5.41, 5.74) is 0.955. The van der Waals surface area contributed by atoms with E-state index in [0.717, 1.165) is 30.6 Å². The first-order chi connectivity index (χ1) is 14.4. The summed E-state index contributed by atoms with van der Waals surface area (Å²) in [6.07, 6.45) is 2.85. The first-order valence-electron chi connectivity index (χ1n) is 10.1. The van der Waals surface area contributed by atoms with Crippen LogP contribution >= 0.6 is 0 Å². The number of hydrogen-bond acceptors (Lipinski definition) is 5. The highest BCUT2D eigenvalue weighted by Gasteiger charge is 2.25. The highest BCUT2D eigenvalue weighted by atomic mass is 32.2. The molecule has 2 aromatic carbocycles. The van der Waals surface area contributed by atoms with Gasteiger partial charge in [-0.25, -0.2) is 8.42 Å². The van der Waals surface area contributed by atoms with Gasteiger partial charge in [0, 0.05) is 13.1 Å². The second-order valence-electron chi connectivity index (χ2n) is 7.29. The highest BCUT2D eigenvalue weighted by molar-refractivity contribution is 7.89. The van der Waals surface area contributed by atoms with E-state index in [4.69, 9.17) is 9.47 Å². The molecule has 7 nitrogen and oxygen atoms in total. The van der Waals surface area contributed by atoms with Crippen LogP contribution in [-0.4, -0.2) is 45.4 Å². The molecule has 1 N–H and O–H groups in total. The Hall–Kier alpha value is -2.58. The molecule has 0 unspecified atom stereocenters. The van der Waals surface area contributed by atoms with Crippen molar-refractivity contribution in [3.63, 3.8) is 0 Å². The van der Waals surface area contributed by atoms with Crippen LogP contribution in [0.5, 0.6) is 11.5 Å². The summed E-state index contributed by atoms with van der Waals surface area (Å²) in [6, 6.07) is 13.5. The number of nitrogens with zero attached hydrogens (tertiary/aromatic N) is 1. The van der Waals surface area contributed by atoms with E-state index in [9.17, 15) is 13.2 Å². The number of carbonyl (C=O) groups excluding carboxylic acids is 1. The molecule has 1 fully saturated rings. The van der Waals surface area contributed by atoms with Gasteiger partial charge in [-0.1, -0.05) is 18.6 Å². The molecule has 2 aromatic rings. The number of sulfonamides is 1. The lowest BCUT2D eigenvalue weighted by atomic mass is 10.1. The van der Waals surface area contributed by atoms with E-state index in [1.54, 1.807) is 19.2 Å². The number of nitrogens with one attached hydrogen (secondary N) is 1. The Bertz CT molecular complexity index is 936. The van der Waals surface area contributed by atoms with Crippen molar-refractivity contribution in [2.24, 2.45) is 0 Å². The number of hydrogen-bond donors (Lipinski definition) is 1. The minimum absolute atomic E-state index is 0.154. The van der Waals surface area contributed by atoms with Crippen LogP contribution in [0.4, 0.5) is 0 Å². The van der Waals surface area contributed by atoms with Crippen molar-refractivity contribution in [3.8, 4) is 11.5 Å². The number of methoxy groups -OCH3 is 1. The lowest BCUT2D eigenvalue weighted by molar-refractivity contribution is -0.123. The molecule has 0 spiro atoms. The predicted molar refractivity (Wildman–Crippen MR) is 114 cm³/mol. The number of rotatable bonds is 8. The third kappa shape index (κ3) is 5.52. The van der Waals surface area contributed by atoms with Crippen molar-refractivity contribution in [3.05, 3.63) is 54.1 Å². The van der Waals surface area contributed by atoms with E-state index in [1.807, 2.05) is 31.2 Å². The van der Waals surface area contributed by atoms with Gasteiger partial charge in [0.1, 0.15) is 11.5 Å². The number of ether oxygens (including phenoxy) is 2. The van der Waals surface area contributed by atoms with E-state index in [0.29, 0.717) is 18.8 Å². The quantitative estimate of drug-likeness (QED) is 0.693. The molecule has 3 rings (SSSR count). The van der Waals surface area contributed by atoms with Crippen molar-refractivity contribution in [1.29, 1.82) is 0 Å². The number of amides is 1. The fourth-order valence-electron chi connectivity index (χ4n) is 3.37. The van der Waals surface area contributed by atoms with Gasteiger partial charge in [-0.15, -0.1) is 0 Å². The molecule has 0 aliphatic carbocycles. The normalized spacial score (nSPS) is 15.9. The largest absolute Gasteiger partial charge is 0.497 e. The summed E-state index contributed by atoms with van der Waals surface area (Å²) in [5, 5.41) is 2.88. The highest BCUT2D eigenvalue weighted by Crippen LogP contribution is 2.23. The van der Waals surface area contributed by atoms with Crippen LogP contribution in [0.3, 0.4) is 0 Å². The number of carbonyl (C=O) groups is 1. The van der Waals surface area contributed by atoms with Gasteiger partial charge in [-0.2, -0.15) is 4.31 Å². The maximum Gasteiger partial charge on any atom is 0.258 e. The molecule has 0 bridgehead atoms. The Morgan fingerprint density at radius 2 is 1.60 bits per heavy atom. The zero-order valence-corrected chi connectivity index (χ0v) is 18.2. The van der Waals surface area contributed by atoms with E-state index >= 15 is 0 Å². The minimum Gasteiger partial charge on any atom is -0.497 e. The molecule has 1 heterocycles. The van der Waals surface area contributed by atoms with Crippen molar-refractivity contribution >= 4 is 15.9 Å². The maximum atomic E-state index is 12.7. The summed E-state index contributed by atoms with van der Waals surface area (Å²) in [4.78, 5) is 12.4. The fraction of sp³-hybridized carbons (Fsp3) is 0.409. The summed E-state index contributed by atoms with van der Waals surface area (Å²) >= 11 is 0. The second-order valence-corrected chi connectivity index (χ2v) is 9.23. The van der Waals surface area contributed by atoms with E-state index in [2.05, 4.69) is 5.32 Å². The molecule has 0 aromatic heterocycles. The molecule has 1 aliphatic rings. The van der Waals surface area contributed by atoms with Crippen LogP contribution in [0.1, 0.15) is 37.8 Å². The zero-order chi connectivity index (χ0) is 21.6. The van der Waals surface area contributed by atoms with Gasteiger partial charge in [-0.05, 0) is 61.7 Å². The third-order valence-electron chi connectivity index (χ3n) is 5.14. The minimum atomic E-state index is -3.47. The topological polar surface area (TPSA) is 84.9 Å². The summed E-state index contributed by atoms with van der Waals surface area (Å²) in [7, 11) is -1.87. The van der Waals surface area contributed by atoms with Gasteiger partial charge in [0.05, 0.1) is 18.0 Å². The number of piperidine rings is 1. The first-order valence-corrected chi connectivity index (χ1v) is 11.5. The lowest BCUT2D eigenvalue weighted by Gasteiger charge is -2.25. The van der Waals surface area contributed by atoms with Crippen LogP contribution in [0.2, 0.25) is 0 Å². The van der Waals surface area contributed by atoms with E-state index in [1.165, 1.54) is 16.4 Å². The molecule has 1 aliphatic heterocycles. The average Bonchev–Trinajstić information content (AvgIpc) is 2.78. The summed E-state index contributed by atoms with van der Waals surface area (Å²) in [6.45, 7) is 2.86. The van der Waals surface area contributed by atoms with Crippen LogP contribution in [-0.2, 0) is 14.8 Å². The summed E-state index contributed by atoms with van der Waals surface area (Å²) < 4.78 is 37.5. The van der Waals surface area contributed by atoms with Crippen molar-refractivity contribution in [1.82, 2.24) is 9.62 Å². The SMILES string of the molecule is COc1ccc([C@H](C)NC(=O)COc2ccc(S(=O)(=O)N3CCCCC3)cc2)cc1. The van der Waals surface area contributed by atoms with Gasteiger partial charge in [0.25, 0.3) is 5.91 Å². The maximum absolute atomic E-state index is 12.7. The van der Waals surface area contributed by atoms with Crippen LogP contribution in [0.15, 0.2) is 53.4 Å². The van der Waals surface area contributed by atoms with Gasteiger partial charge in [-0.3, -0.25) is 4.79 Å². The molecule has 30 heavy (non-hydrogen) atoms. The van der Waals surface area contributed by atoms with Crippen molar-refractivity contribution in [2.75, 3.05) is 26.8 Å². The molecule has 1 saturated heterocycles. The Kier molecular flexibility index (Phi) is 7.33. The molecule has 0 saturated carbocycles. The molecule has 8 heteroatoms. The Morgan fingerprint density at radius 3 is 2.20 bits per heavy atom. The van der Waals surface area contributed by atoms with E-state index in [-0.39, 0.29) is 23.5 Å². The molecular weight excluding hydrogens is 404 g/mol. The Balaban J connectivity index is 1.52. The standard InChI is InChI=1S/C22H28N2O5S/c1-17(18-6-8-19(28-2)9-7-18)23-22(25)16-29-20-10-12-21(13-11-20)30(26,27)24-14-4-3-5-15-24/h6-13,17H,3-5,14-16H2,1-2H3,(H,23,25)/t17-/m0/s1. The second kappa shape index (κ2) is 9.95. The molecule has 1 atom stereocenters. The fourth-order valence-corrected chi connectivity index (χ4v) is 4.89. The zero-order valence-electron chi connectivity index (χ0n) is 17.3. The van der Waals surface area contributed by atoms with Crippen LogP contribution in [0, 0.1) is 0 Å². The summed E-state index contributed by atoms with van der Waals surface area (Å²) in [5.74, 6) is 0.939. The van der Waals surface area contributed by atoms with Gasteiger partial charge in [0.15, 0.2) is 6.61 Å². The molecular formula is C22H28N2O5S. The third-order valence-corrected chi connectivity index (χ3v) is 7.05. The van der Waals surface area contributed by atoms with Gasteiger partial charge < -0.3 is 14.8 Å². The van der Waals surface area contributed by atoms with Crippen LogP contribution in [0.25, 0.3) is 0 Å². The Morgan fingerprint density at radius 1 is 1.00 bits per heavy atom. The monoisotopic (exact) mass is 432 g/mol. The van der Waals surface area contributed by atoms with E-state index < -0.39 is 10.0 Å². The number of benzene rings is 2. The average molecular weight is 433 g/mol. The van der Waals surface area contributed by atoms with Crippen LogP contribution < -0.4 is 14.8 Å². The van der Waals surface area contributed by atoms with Crippen molar-refractivity contribution < 1.29 is 22.7 Å². The van der Waals surface area contributed by atoms with Gasteiger partial charge >= 0.3 is 0 Å². The predicted octanol–water partition coefficient (Wildman–Crippen LogP) is 3.13. The molecule has 1 amide bonds. The molecule has 0 radical (unpaired) electrons. The first kappa shape index (κ1) is 22.1. The van der Waals surface area contributed by atoms with Gasteiger partial charge in [0.2, 0.25) is 10.0 Å².